The molecule has 0 spiro atoms. The molecule has 7 heteroatoms. The van der Waals surface area contributed by atoms with Crippen LogP contribution < -0.4 is 10.1 Å². The Morgan fingerprint density at radius 1 is 1.22 bits per heavy atom. The highest BCUT2D eigenvalue weighted by Gasteiger charge is 2.38. The Morgan fingerprint density at radius 2 is 2.15 bits per heavy atom. The summed E-state index contributed by atoms with van der Waals surface area (Å²) in [7, 11) is 0. The summed E-state index contributed by atoms with van der Waals surface area (Å²) in [5.74, 6) is 3.35. The Balaban J connectivity index is 1.27. The molecule has 2 unspecified atom stereocenters. The summed E-state index contributed by atoms with van der Waals surface area (Å²) in [6.07, 6.45) is 5.98. The Hall–Kier alpha value is -2.54. The maximum absolute atomic E-state index is 5.90. The average molecular weight is 382 g/mol. The lowest BCUT2D eigenvalue weighted by molar-refractivity contribution is 0.289. The lowest BCUT2D eigenvalue weighted by atomic mass is 10.2. The molecule has 27 heavy (non-hydrogen) atoms. The van der Waals surface area contributed by atoms with Gasteiger partial charge in [-0.05, 0) is 44.7 Å². The summed E-state index contributed by atoms with van der Waals surface area (Å²) in [5, 5.41) is 4.39. The number of aryl methyl sites for hydroxylation is 2. The predicted octanol–water partition coefficient (Wildman–Crippen LogP) is 4.13. The number of rotatable bonds is 8. The highest BCUT2D eigenvalue weighted by atomic mass is 32.1. The van der Waals surface area contributed by atoms with Gasteiger partial charge in [0.15, 0.2) is 0 Å². The SMILES string of the molecule is Cc1nc(NCc2cnc(C)s2)cc(OCCC2CC2c2ccccn2)n1. The van der Waals surface area contributed by atoms with Crippen molar-refractivity contribution in [3.8, 4) is 5.88 Å². The Morgan fingerprint density at radius 3 is 2.93 bits per heavy atom. The van der Waals surface area contributed by atoms with Gasteiger partial charge in [-0.15, -0.1) is 11.3 Å². The third kappa shape index (κ3) is 4.80. The zero-order valence-electron chi connectivity index (χ0n) is 15.6. The molecule has 0 bridgehead atoms. The molecular formula is C20H23N5OS. The molecule has 3 heterocycles. The van der Waals surface area contributed by atoms with Crippen molar-refractivity contribution < 1.29 is 4.74 Å². The van der Waals surface area contributed by atoms with Gasteiger partial charge >= 0.3 is 0 Å². The van der Waals surface area contributed by atoms with E-state index >= 15 is 0 Å². The standard InChI is InChI=1S/C20H23N5OS/c1-13-24-19(23-12-16-11-22-14(2)27-16)10-20(25-13)26-8-6-15-9-17(15)18-5-3-4-7-21-18/h3-5,7,10-11,15,17H,6,8-9,12H2,1-2H3,(H,23,24,25). The fourth-order valence-corrected chi connectivity index (χ4v) is 3.94. The molecule has 0 aliphatic heterocycles. The van der Waals surface area contributed by atoms with E-state index in [2.05, 4.69) is 37.4 Å². The molecule has 0 aromatic carbocycles. The molecule has 0 radical (unpaired) electrons. The smallest absolute Gasteiger partial charge is 0.218 e. The van der Waals surface area contributed by atoms with Crippen LogP contribution in [0.25, 0.3) is 0 Å². The van der Waals surface area contributed by atoms with Crippen LogP contribution in [-0.4, -0.2) is 26.5 Å². The summed E-state index contributed by atoms with van der Waals surface area (Å²) in [6.45, 7) is 5.26. The average Bonchev–Trinajstić information content (AvgIpc) is 3.32. The molecule has 0 amide bonds. The number of anilines is 1. The molecule has 3 aromatic rings. The summed E-state index contributed by atoms with van der Waals surface area (Å²) >= 11 is 1.68. The molecule has 0 saturated heterocycles. The summed E-state index contributed by atoms with van der Waals surface area (Å²) in [5.41, 5.74) is 1.20. The molecule has 140 valence electrons. The van der Waals surface area contributed by atoms with Crippen molar-refractivity contribution in [2.24, 2.45) is 5.92 Å². The van der Waals surface area contributed by atoms with Gasteiger partial charge in [0, 0.05) is 34.9 Å². The molecule has 1 aliphatic rings. The first-order valence-corrected chi connectivity index (χ1v) is 10.0. The fourth-order valence-electron chi connectivity index (χ4n) is 3.21. The number of thiazole rings is 1. The number of hydrogen-bond donors (Lipinski definition) is 1. The topological polar surface area (TPSA) is 72.8 Å². The molecule has 3 aromatic heterocycles. The molecule has 1 saturated carbocycles. The molecule has 1 fully saturated rings. The summed E-state index contributed by atoms with van der Waals surface area (Å²) < 4.78 is 5.90. The summed E-state index contributed by atoms with van der Waals surface area (Å²) in [6, 6.07) is 8.00. The first-order valence-electron chi connectivity index (χ1n) is 9.22. The Kier molecular flexibility index (Phi) is 5.29. The largest absolute Gasteiger partial charge is 0.478 e. The highest BCUT2D eigenvalue weighted by Crippen LogP contribution is 2.48. The molecule has 1 aliphatic carbocycles. The van der Waals surface area contributed by atoms with Gasteiger partial charge in [0.05, 0.1) is 18.2 Å². The van der Waals surface area contributed by atoms with Crippen molar-refractivity contribution in [2.45, 2.75) is 39.2 Å². The minimum atomic E-state index is 0.585. The second kappa shape index (κ2) is 8.00. The van der Waals surface area contributed by atoms with E-state index in [1.165, 1.54) is 17.0 Å². The first kappa shape index (κ1) is 17.9. The number of aromatic nitrogens is 4. The van der Waals surface area contributed by atoms with E-state index in [1.54, 1.807) is 11.3 Å². The normalized spacial score (nSPS) is 18.3. The van der Waals surface area contributed by atoms with Crippen LogP contribution in [0, 0.1) is 19.8 Å². The minimum Gasteiger partial charge on any atom is -0.478 e. The monoisotopic (exact) mass is 381 g/mol. The van der Waals surface area contributed by atoms with Crippen LogP contribution >= 0.6 is 11.3 Å². The van der Waals surface area contributed by atoms with E-state index in [-0.39, 0.29) is 0 Å². The van der Waals surface area contributed by atoms with E-state index in [0.717, 1.165) is 17.2 Å². The van der Waals surface area contributed by atoms with Crippen molar-refractivity contribution >= 4 is 17.2 Å². The lowest BCUT2D eigenvalue weighted by Gasteiger charge is -2.09. The van der Waals surface area contributed by atoms with Crippen LogP contribution in [-0.2, 0) is 6.54 Å². The van der Waals surface area contributed by atoms with Gasteiger partial charge in [-0.25, -0.2) is 9.97 Å². The van der Waals surface area contributed by atoms with Crippen LogP contribution in [0.5, 0.6) is 5.88 Å². The van der Waals surface area contributed by atoms with Gasteiger partial charge in [0.1, 0.15) is 11.6 Å². The predicted molar refractivity (Wildman–Crippen MR) is 106 cm³/mol. The van der Waals surface area contributed by atoms with Crippen molar-refractivity contribution in [1.82, 2.24) is 19.9 Å². The quantitative estimate of drug-likeness (QED) is 0.632. The molecular weight excluding hydrogens is 358 g/mol. The van der Waals surface area contributed by atoms with Gasteiger partial charge in [-0.1, -0.05) is 6.07 Å². The van der Waals surface area contributed by atoms with Gasteiger partial charge in [-0.3, -0.25) is 4.98 Å². The van der Waals surface area contributed by atoms with E-state index in [0.29, 0.717) is 36.7 Å². The lowest BCUT2D eigenvalue weighted by Crippen LogP contribution is -2.06. The van der Waals surface area contributed by atoms with Gasteiger partial charge in [0.25, 0.3) is 0 Å². The maximum atomic E-state index is 5.90. The van der Waals surface area contributed by atoms with Crippen LogP contribution in [0.1, 0.15) is 40.2 Å². The van der Waals surface area contributed by atoms with Crippen molar-refractivity contribution in [3.05, 3.63) is 58.1 Å². The van der Waals surface area contributed by atoms with Crippen LogP contribution in [0.3, 0.4) is 0 Å². The maximum Gasteiger partial charge on any atom is 0.218 e. The molecule has 2 atom stereocenters. The fraction of sp³-hybridized carbons (Fsp3) is 0.400. The third-order valence-electron chi connectivity index (χ3n) is 4.66. The Labute approximate surface area is 163 Å². The zero-order valence-corrected chi connectivity index (χ0v) is 16.4. The van der Waals surface area contributed by atoms with E-state index < -0.39 is 0 Å². The minimum absolute atomic E-state index is 0.585. The second-order valence-electron chi connectivity index (χ2n) is 6.83. The van der Waals surface area contributed by atoms with Crippen molar-refractivity contribution in [2.75, 3.05) is 11.9 Å². The van der Waals surface area contributed by atoms with Crippen LogP contribution in [0.4, 0.5) is 5.82 Å². The second-order valence-corrected chi connectivity index (χ2v) is 8.15. The molecule has 4 rings (SSSR count). The number of nitrogens with zero attached hydrogens (tertiary/aromatic N) is 4. The van der Waals surface area contributed by atoms with Crippen molar-refractivity contribution in [3.63, 3.8) is 0 Å². The van der Waals surface area contributed by atoms with E-state index in [1.807, 2.05) is 38.4 Å². The highest BCUT2D eigenvalue weighted by molar-refractivity contribution is 7.11. The molecule has 6 nitrogen and oxygen atoms in total. The van der Waals surface area contributed by atoms with Crippen LogP contribution in [0.15, 0.2) is 36.7 Å². The number of ether oxygens (including phenoxy) is 1. The van der Waals surface area contributed by atoms with Gasteiger partial charge in [0.2, 0.25) is 5.88 Å². The zero-order chi connectivity index (χ0) is 18.6. The van der Waals surface area contributed by atoms with Crippen molar-refractivity contribution in [1.29, 1.82) is 0 Å². The van der Waals surface area contributed by atoms with E-state index in [9.17, 15) is 0 Å². The van der Waals surface area contributed by atoms with Gasteiger partial charge in [-0.2, -0.15) is 4.98 Å². The third-order valence-corrected chi connectivity index (χ3v) is 5.57. The number of hydrogen-bond acceptors (Lipinski definition) is 7. The number of pyridine rings is 1. The van der Waals surface area contributed by atoms with Crippen LogP contribution in [0.2, 0.25) is 0 Å². The summed E-state index contributed by atoms with van der Waals surface area (Å²) in [4.78, 5) is 18.7. The number of nitrogens with one attached hydrogen (secondary N) is 1. The molecule has 1 N–H and O–H groups in total. The van der Waals surface area contributed by atoms with E-state index in [4.69, 9.17) is 4.74 Å². The Bertz CT molecular complexity index is 898. The first-order chi connectivity index (χ1) is 13.2. The van der Waals surface area contributed by atoms with Gasteiger partial charge < -0.3 is 10.1 Å².